The third-order valence-corrected chi connectivity index (χ3v) is 3.57. The summed E-state index contributed by atoms with van der Waals surface area (Å²) in [6.45, 7) is 0. The van der Waals surface area contributed by atoms with Crippen molar-refractivity contribution in [3.05, 3.63) is 71.7 Å². The molecular weight excluding hydrogens is 337 g/mol. The number of benzene rings is 2. The van der Waals surface area contributed by atoms with E-state index in [0.29, 0.717) is 16.9 Å². The fraction of sp³-hybridized carbons (Fsp3) is 0.0556. The molecule has 0 fully saturated rings. The van der Waals surface area contributed by atoms with Crippen LogP contribution in [0.2, 0.25) is 0 Å². The van der Waals surface area contributed by atoms with Crippen LogP contribution in [0.1, 0.15) is 20.7 Å². The van der Waals surface area contributed by atoms with Gasteiger partial charge in [-0.1, -0.05) is 12.1 Å². The zero-order valence-corrected chi connectivity index (χ0v) is 13.9. The second-order valence-corrected chi connectivity index (χ2v) is 5.60. The Kier molecular flexibility index (Phi) is 4.66. The highest BCUT2D eigenvalue weighted by Gasteiger charge is 2.14. The van der Waals surface area contributed by atoms with Crippen LogP contribution in [-0.2, 0) is 7.05 Å². The van der Waals surface area contributed by atoms with Crippen molar-refractivity contribution >= 4 is 29.0 Å². The lowest BCUT2D eigenvalue weighted by molar-refractivity contribution is 0.101. The van der Waals surface area contributed by atoms with E-state index in [0.717, 1.165) is 0 Å². The summed E-state index contributed by atoms with van der Waals surface area (Å²) in [6, 6.07) is 12.0. The molecule has 8 heteroatoms. The molecule has 4 N–H and O–H groups in total. The Morgan fingerprint density at radius 3 is 2.35 bits per heavy atom. The number of aryl methyl sites for hydroxylation is 1. The third-order valence-electron chi connectivity index (χ3n) is 3.57. The molecule has 0 saturated carbocycles. The van der Waals surface area contributed by atoms with Gasteiger partial charge in [-0.05, 0) is 36.4 Å². The Hall–Kier alpha value is -3.68. The molecule has 2 aromatic carbocycles. The Balaban J connectivity index is 1.74. The number of nitrogens with one attached hydrogen (secondary N) is 2. The number of nitrogens with zero attached hydrogens (tertiary/aromatic N) is 2. The summed E-state index contributed by atoms with van der Waals surface area (Å²) in [5.41, 5.74) is 7.00. The second kappa shape index (κ2) is 7.06. The zero-order chi connectivity index (χ0) is 18.7. The van der Waals surface area contributed by atoms with Crippen LogP contribution in [0.5, 0.6) is 0 Å². The monoisotopic (exact) mass is 353 g/mol. The smallest absolute Gasteiger partial charge is 0.261 e. The maximum atomic E-state index is 13.2. The van der Waals surface area contributed by atoms with E-state index < -0.39 is 17.6 Å². The van der Waals surface area contributed by atoms with Gasteiger partial charge < -0.3 is 16.4 Å². The lowest BCUT2D eigenvalue weighted by Crippen LogP contribution is -2.15. The molecule has 26 heavy (non-hydrogen) atoms. The molecule has 3 rings (SSSR count). The van der Waals surface area contributed by atoms with Gasteiger partial charge in [0.05, 0.1) is 0 Å². The fourth-order valence-electron chi connectivity index (χ4n) is 2.39. The van der Waals surface area contributed by atoms with Gasteiger partial charge in [0, 0.05) is 30.2 Å². The molecule has 2 amide bonds. The quantitative estimate of drug-likeness (QED) is 0.671. The highest BCUT2D eigenvalue weighted by molar-refractivity contribution is 6.08. The number of nitrogens with two attached hydrogens (primary N) is 1. The molecular formula is C18H16FN5O2. The van der Waals surface area contributed by atoms with E-state index in [4.69, 9.17) is 5.73 Å². The van der Waals surface area contributed by atoms with Crippen LogP contribution in [0.3, 0.4) is 0 Å². The largest absolute Gasteiger partial charge is 0.382 e. The standard InChI is InChI=1S/C18H16FN5O2/c1-24-10-15(16(20)23-24)18(26)22-13-6-2-4-11(8-13)17(25)21-14-7-3-5-12(19)9-14/h2-10H,1H3,(H2,20,23)(H,21,25)(H,22,26). The number of hydrogen-bond donors (Lipinski definition) is 3. The van der Waals surface area contributed by atoms with Crippen LogP contribution in [0, 0.1) is 5.82 Å². The number of rotatable bonds is 4. The number of halogens is 1. The van der Waals surface area contributed by atoms with E-state index in [1.54, 1.807) is 31.3 Å². The molecule has 1 aromatic heterocycles. The van der Waals surface area contributed by atoms with E-state index in [-0.39, 0.29) is 11.4 Å². The average Bonchev–Trinajstić information content (AvgIpc) is 2.93. The molecule has 0 bridgehead atoms. The number of anilines is 3. The van der Waals surface area contributed by atoms with Crippen LogP contribution in [0.15, 0.2) is 54.7 Å². The summed E-state index contributed by atoms with van der Waals surface area (Å²) in [7, 11) is 1.66. The van der Waals surface area contributed by atoms with Crippen LogP contribution in [0.4, 0.5) is 21.6 Å². The van der Waals surface area contributed by atoms with E-state index in [1.807, 2.05) is 0 Å². The predicted octanol–water partition coefficient (Wildman–Crippen LogP) is 2.65. The van der Waals surface area contributed by atoms with E-state index in [2.05, 4.69) is 15.7 Å². The maximum Gasteiger partial charge on any atom is 0.261 e. The van der Waals surface area contributed by atoms with Crippen LogP contribution < -0.4 is 16.4 Å². The van der Waals surface area contributed by atoms with Gasteiger partial charge in [0.2, 0.25) is 0 Å². The van der Waals surface area contributed by atoms with Crippen molar-refractivity contribution in [2.45, 2.75) is 0 Å². The summed E-state index contributed by atoms with van der Waals surface area (Å²) in [5.74, 6) is -1.19. The minimum atomic E-state index is -0.446. The highest BCUT2D eigenvalue weighted by Crippen LogP contribution is 2.16. The van der Waals surface area contributed by atoms with Crippen molar-refractivity contribution < 1.29 is 14.0 Å². The Morgan fingerprint density at radius 1 is 1.04 bits per heavy atom. The van der Waals surface area contributed by atoms with E-state index >= 15 is 0 Å². The molecule has 7 nitrogen and oxygen atoms in total. The molecule has 0 spiro atoms. The Bertz CT molecular complexity index is 983. The van der Waals surface area contributed by atoms with Gasteiger partial charge in [-0.3, -0.25) is 14.3 Å². The first-order chi connectivity index (χ1) is 12.4. The second-order valence-electron chi connectivity index (χ2n) is 5.60. The molecule has 1 heterocycles. The Morgan fingerprint density at radius 2 is 1.69 bits per heavy atom. The lowest BCUT2D eigenvalue weighted by atomic mass is 10.1. The maximum absolute atomic E-state index is 13.2. The third kappa shape index (κ3) is 3.86. The first kappa shape index (κ1) is 17.2. The van der Waals surface area contributed by atoms with Gasteiger partial charge >= 0.3 is 0 Å². The van der Waals surface area contributed by atoms with Gasteiger partial charge in [-0.15, -0.1) is 0 Å². The van der Waals surface area contributed by atoms with Gasteiger partial charge in [-0.2, -0.15) is 5.10 Å². The van der Waals surface area contributed by atoms with E-state index in [9.17, 15) is 14.0 Å². The van der Waals surface area contributed by atoms with Gasteiger partial charge in [0.15, 0.2) is 5.82 Å². The minimum Gasteiger partial charge on any atom is -0.382 e. The normalized spacial score (nSPS) is 10.4. The molecule has 0 aliphatic heterocycles. The van der Waals surface area contributed by atoms with Crippen LogP contribution in [0.25, 0.3) is 0 Å². The minimum absolute atomic E-state index is 0.116. The summed E-state index contributed by atoms with van der Waals surface area (Å²) < 4.78 is 14.6. The summed E-state index contributed by atoms with van der Waals surface area (Å²) in [6.07, 6.45) is 1.51. The number of hydrogen-bond acceptors (Lipinski definition) is 4. The average molecular weight is 353 g/mol. The topological polar surface area (TPSA) is 102 Å². The van der Waals surface area contributed by atoms with Crippen molar-refractivity contribution in [2.75, 3.05) is 16.4 Å². The number of carbonyl (C=O) groups is 2. The molecule has 0 unspecified atom stereocenters. The SMILES string of the molecule is Cn1cc(C(=O)Nc2cccc(C(=O)Nc3cccc(F)c3)c2)c(N)n1. The van der Waals surface area contributed by atoms with E-state index in [1.165, 1.54) is 35.1 Å². The van der Waals surface area contributed by atoms with Crippen molar-refractivity contribution in [1.29, 1.82) is 0 Å². The summed E-state index contributed by atoms with van der Waals surface area (Å²) >= 11 is 0. The molecule has 3 aromatic rings. The number of aromatic nitrogens is 2. The van der Waals surface area contributed by atoms with Crippen molar-refractivity contribution in [2.24, 2.45) is 7.05 Å². The first-order valence-corrected chi connectivity index (χ1v) is 7.70. The molecule has 0 atom stereocenters. The zero-order valence-electron chi connectivity index (χ0n) is 13.9. The molecule has 0 aliphatic rings. The highest BCUT2D eigenvalue weighted by atomic mass is 19.1. The molecule has 132 valence electrons. The number of carbonyl (C=O) groups excluding carboxylic acids is 2. The Labute approximate surface area is 148 Å². The van der Waals surface area contributed by atoms with Crippen LogP contribution >= 0.6 is 0 Å². The van der Waals surface area contributed by atoms with Gasteiger partial charge in [0.25, 0.3) is 11.8 Å². The molecule has 0 saturated heterocycles. The van der Waals surface area contributed by atoms with Crippen molar-refractivity contribution in [1.82, 2.24) is 9.78 Å². The molecule has 0 radical (unpaired) electrons. The fourth-order valence-corrected chi connectivity index (χ4v) is 2.39. The first-order valence-electron chi connectivity index (χ1n) is 7.70. The van der Waals surface area contributed by atoms with Gasteiger partial charge in [0.1, 0.15) is 11.4 Å². The van der Waals surface area contributed by atoms with Crippen LogP contribution in [-0.4, -0.2) is 21.6 Å². The summed E-state index contributed by atoms with van der Waals surface area (Å²) in [5, 5.41) is 9.18. The number of amides is 2. The molecule has 0 aliphatic carbocycles. The lowest BCUT2D eigenvalue weighted by Gasteiger charge is -2.08. The predicted molar refractivity (Wildman–Crippen MR) is 96.4 cm³/mol. The number of nitrogen functional groups attached to an aromatic ring is 1. The summed E-state index contributed by atoms with van der Waals surface area (Å²) in [4.78, 5) is 24.6. The van der Waals surface area contributed by atoms with Crippen molar-refractivity contribution in [3.8, 4) is 0 Å². The van der Waals surface area contributed by atoms with Gasteiger partial charge in [-0.25, -0.2) is 4.39 Å². The van der Waals surface area contributed by atoms with Crippen molar-refractivity contribution in [3.63, 3.8) is 0 Å².